The summed E-state index contributed by atoms with van der Waals surface area (Å²) in [6.07, 6.45) is 3.85. The summed E-state index contributed by atoms with van der Waals surface area (Å²) in [6, 6.07) is 19.0. The van der Waals surface area contributed by atoms with E-state index in [0.29, 0.717) is 13.1 Å². The molecule has 7 nitrogen and oxygen atoms in total. The molecule has 4 rings (SSSR count). The summed E-state index contributed by atoms with van der Waals surface area (Å²) in [5.41, 5.74) is 6.82. The molecule has 8 heteroatoms. The second-order valence-electron chi connectivity index (χ2n) is 8.17. The molecule has 0 aliphatic carbocycles. The lowest BCUT2D eigenvalue weighted by Crippen LogP contribution is -2.36. The van der Waals surface area contributed by atoms with Crippen LogP contribution >= 0.6 is 24.0 Å². The van der Waals surface area contributed by atoms with E-state index < -0.39 is 0 Å². The molecule has 0 saturated heterocycles. The zero-order valence-electron chi connectivity index (χ0n) is 20.1. The first-order valence-corrected chi connectivity index (χ1v) is 11.1. The highest BCUT2D eigenvalue weighted by Crippen LogP contribution is 2.17. The van der Waals surface area contributed by atoms with Crippen molar-refractivity contribution in [3.05, 3.63) is 101 Å². The van der Waals surface area contributed by atoms with Crippen molar-refractivity contribution in [2.75, 3.05) is 7.05 Å². The van der Waals surface area contributed by atoms with Crippen molar-refractivity contribution >= 4 is 29.9 Å². The second-order valence-corrected chi connectivity index (χ2v) is 8.17. The summed E-state index contributed by atoms with van der Waals surface area (Å²) in [7, 11) is 1.79. The van der Waals surface area contributed by atoms with Crippen LogP contribution in [-0.2, 0) is 19.6 Å². The molecule has 2 heterocycles. The van der Waals surface area contributed by atoms with Gasteiger partial charge in [-0.05, 0) is 49.6 Å². The third kappa shape index (κ3) is 6.25. The molecule has 0 saturated carbocycles. The number of aromatic nitrogens is 4. The summed E-state index contributed by atoms with van der Waals surface area (Å²) in [4.78, 5) is 8.70. The number of aryl methyl sites for hydroxylation is 3. The van der Waals surface area contributed by atoms with E-state index >= 15 is 0 Å². The quantitative estimate of drug-likeness (QED) is 0.195. The Bertz CT molecular complexity index is 1260. The van der Waals surface area contributed by atoms with Gasteiger partial charge in [0.25, 0.3) is 0 Å². The predicted molar refractivity (Wildman–Crippen MR) is 148 cm³/mol. The third-order valence-corrected chi connectivity index (χ3v) is 5.63. The Labute approximate surface area is 218 Å². The Morgan fingerprint density at radius 3 is 2.41 bits per heavy atom. The maximum atomic E-state index is 4.64. The van der Waals surface area contributed by atoms with E-state index in [0.717, 1.165) is 41.0 Å². The zero-order chi connectivity index (χ0) is 23.2. The maximum Gasteiger partial charge on any atom is 0.191 e. The van der Waals surface area contributed by atoms with Crippen LogP contribution in [0.4, 0.5) is 0 Å². The van der Waals surface area contributed by atoms with Gasteiger partial charge in [-0.2, -0.15) is 5.10 Å². The molecule has 0 fully saturated rings. The zero-order valence-corrected chi connectivity index (χ0v) is 22.4. The molecule has 0 aliphatic rings. The largest absolute Gasteiger partial charge is 0.352 e. The molecule has 2 aromatic heterocycles. The number of aliphatic imine (C=N–C) groups is 1. The molecule has 2 N–H and O–H groups in total. The molecule has 0 bridgehead atoms. The van der Waals surface area contributed by atoms with Crippen LogP contribution in [0.5, 0.6) is 0 Å². The number of hydrogen-bond acceptors (Lipinski definition) is 3. The first kappa shape index (κ1) is 25.5. The highest BCUT2D eigenvalue weighted by Gasteiger charge is 2.09. The van der Waals surface area contributed by atoms with Gasteiger partial charge in [0.2, 0.25) is 0 Å². The number of nitrogens with zero attached hydrogens (tertiary/aromatic N) is 5. The molecule has 0 amide bonds. The molecule has 0 aliphatic heterocycles. The second kappa shape index (κ2) is 11.8. The SMILES string of the molecule is CN=C(NCc1cccc(Cn2ccnc2C)c1)NCc1ccccc1-n1nc(C)cc1C.I. The number of para-hydroxylation sites is 1. The fraction of sp³-hybridized carbons (Fsp3) is 0.269. The Kier molecular flexibility index (Phi) is 8.86. The van der Waals surface area contributed by atoms with E-state index in [4.69, 9.17) is 0 Å². The van der Waals surface area contributed by atoms with Crippen LogP contribution in [0.2, 0.25) is 0 Å². The molecule has 2 aromatic carbocycles. The predicted octanol–water partition coefficient (Wildman–Crippen LogP) is 4.53. The smallest absolute Gasteiger partial charge is 0.191 e. The van der Waals surface area contributed by atoms with Crippen LogP contribution in [0.25, 0.3) is 5.69 Å². The number of halogens is 1. The van der Waals surface area contributed by atoms with Gasteiger partial charge in [0.1, 0.15) is 5.82 Å². The topological polar surface area (TPSA) is 72.1 Å². The molecule has 0 spiro atoms. The van der Waals surface area contributed by atoms with E-state index in [1.165, 1.54) is 11.1 Å². The Balaban J connectivity index is 0.00000324. The average molecular weight is 569 g/mol. The van der Waals surface area contributed by atoms with Crippen molar-refractivity contribution in [2.24, 2.45) is 4.99 Å². The van der Waals surface area contributed by atoms with Gasteiger partial charge in [0.15, 0.2) is 5.96 Å². The van der Waals surface area contributed by atoms with Crippen molar-refractivity contribution in [2.45, 2.75) is 40.4 Å². The fourth-order valence-corrected chi connectivity index (χ4v) is 3.93. The standard InChI is InChI=1S/C26H31N7.HI/c1-19-14-20(2)33(31-19)25-11-6-5-10-24(25)17-30-26(27-4)29-16-22-8-7-9-23(15-22)18-32-13-12-28-21(32)3;/h5-15H,16-18H2,1-4H3,(H2,27,29,30);1H. The molecule has 34 heavy (non-hydrogen) atoms. The number of hydrogen-bond donors (Lipinski definition) is 2. The minimum Gasteiger partial charge on any atom is -0.352 e. The Morgan fingerprint density at radius 1 is 0.941 bits per heavy atom. The van der Waals surface area contributed by atoms with Crippen LogP contribution in [0, 0.1) is 20.8 Å². The van der Waals surface area contributed by atoms with Crippen LogP contribution in [0.3, 0.4) is 0 Å². The minimum absolute atomic E-state index is 0. The molecule has 178 valence electrons. The van der Waals surface area contributed by atoms with Crippen molar-refractivity contribution < 1.29 is 0 Å². The van der Waals surface area contributed by atoms with Gasteiger partial charge in [-0.15, -0.1) is 24.0 Å². The van der Waals surface area contributed by atoms with Crippen LogP contribution in [-0.4, -0.2) is 32.3 Å². The minimum atomic E-state index is 0. The van der Waals surface area contributed by atoms with Gasteiger partial charge >= 0.3 is 0 Å². The molecular formula is C26H32IN7. The van der Waals surface area contributed by atoms with E-state index in [1.54, 1.807) is 7.05 Å². The number of rotatable bonds is 7. The highest BCUT2D eigenvalue weighted by molar-refractivity contribution is 14.0. The van der Waals surface area contributed by atoms with Crippen LogP contribution in [0.1, 0.15) is 33.9 Å². The Morgan fingerprint density at radius 2 is 1.71 bits per heavy atom. The van der Waals surface area contributed by atoms with Crippen LogP contribution < -0.4 is 10.6 Å². The lowest BCUT2D eigenvalue weighted by molar-refractivity contribution is 0.757. The summed E-state index contributed by atoms with van der Waals surface area (Å²) < 4.78 is 4.14. The number of nitrogens with one attached hydrogen (secondary N) is 2. The summed E-state index contributed by atoms with van der Waals surface area (Å²) in [5.74, 6) is 1.78. The number of benzene rings is 2. The fourth-order valence-electron chi connectivity index (χ4n) is 3.93. The summed E-state index contributed by atoms with van der Waals surface area (Å²) in [6.45, 7) is 8.27. The highest BCUT2D eigenvalue weighted by atomic mass is 127. The summed E-state index contributed by atoms with van der Waals surface area (Å²) in [5, 5.41) is 11.5. The van der Waals surface area contributed by atoms with Gasteiger partial charge in [-0.1, -0.05) is 42.5 Å². The monoisotopic (exact) mass is 569 g/mol. The van der Waals surface area contributed by atoms with Crippen molar-refractivity contribution in [3.8, 4) is 5.69 Å². The molecule has 4 aromatic rings. The van der Waals surface area contributed by atoms with Gasteiger partial charge < -0.3 is 15.2 Å². The third-order valence-electron chi connectivity index (χ3n) is 5.63. The lowest BCUT2D eigenvalue weighted by Gasteiger charge is -2.15. The maximum absolute atomic E-state index is 4.64. The normalized spacial score (nSPS) is 11.2. The lowest BCUT2D eigenvalue weighted by atomic mass is 10.1. The Hall–Kier alpha value is -3.14. The molecular weight excluding hydrogens is 537 g/mol. The van der Waals surface area contributed by atoms with Gasteiger partial charge in [0, 0.05) is 44.8 Å². The summed E-state index contributed by atoms with van der Waals surface area (Å²) >= 11 is 0. The number of imidazole rings is 1. The molecule has 0 radical (unpaired) electrons. The van der Waals surface area contributed by atoms with E-state index in [2.05, 4.69) is 85.7 Å². The van der Waals surface area contributed by atoms with Crippen LogP contribution in [0.15, 0.2) is 72.0 Å². The van der Waals surface area contributed by atoms with E-state index in [-0.39, 0.29) is 24.0 Å². The van der Waals surface area contributed by atoms with Gasteiger partial charge in [-0.3, -0.25) is 4.99 Å². The van der Waals surface area contributed by atoms with Gasteiger partial charge in [-0.25, -0.2) is 9.67 Å². The first-order valence-electron chi connectivity index (χ1n) is 11.1. The molecule has 0 atom stereocenters. The van der Waals surface area contributed by atoms with Gasteiger partial charge in [0.05, 0.1) is 11.4 Å². The molecule has 0 unspecified atom stereocenters. The van der Waals surface area contributed by atoms with E-state index in [9.17, 15) is 0 Å². The first-order chi connectivity index (χ1) is 16.0. The van der Waals surface area contributed by atoms with E-state index in [1.807, 2.05) is 37.0 Å². The van der Waals surface area contributed by atoms with Crippen molar-refractivity contribution in [1.82, 2.24) is 30.0 Å². The number of guanidine groups is 1. The average Bonchev–Trinajstić information content (AvgIpc) is 3.38. The van der Waals surface area contributed by atoms with Crippen molar-refractivity contribution in [3.63, 3.8) is 0 Å². The van der Waals surface area contributed by atoms with Crippen molar-refractivity contribution in [1.29, 1.82) is 0 Å².